The number of nitrogens with zero attached hydrogens (tertiary/aromatic N) is 5. The zero-order valence-corrected chi connectivity index (χ0v) is 14.3. The van der Waals surface area contributed by atoms with E-state index in [1.807, 2.05) is 6.07 Å². The molecule has 0 atom stereocenters. The molecule has 5 nitrogen and oxygen atoms in total. The molecule has 0 unspecified atom stereocenters. The van der Waals surface area contributed by atoms with Crippen LogP contribution in [0.2, 0.25) is 0 Å². The lowest BCUT2D eigenvalue weighted by atomic mass is 10.1. The molecule has 0 N–H and O–H groups in total. The van der Waals surface area contributed by atoms with Crippen LogP contribution in [0, 0.1) is 5.82 Å². The van der Waals surface area contributed by atoms with Gasteiger partial charge in [-0.15, -0.1) is 0 Å². The van der Waals surface area contributed by atoms with E-state index in [-0.39, 0.29) is 11.7 Å². The molecule has 0 aliphatic rings. The van der Waals surface area contributed by atoms with Crippen LogP contribution >= 0.6 is 11.8 Å². The molecule has 0 bridgehead atoms. The first-order valence-corrected chi connectivity index (χ1v) is 8.42. The van der Waals surface area contributed by atoms with E-state index in [2.05, 4.69) is 35.4 Å². The van der Waals surface area contributed by atoms with E-state index < -0.39 is 0 Å². The van der Waals surface area contributed by atoms with Crippen molar-refractivity contribution in [2.24, 2.45) is 5.11 Å². The molecule has 0 aliphatic carbocycles. The molecule has 0 aliphatic heterocycles. The first-order chi connectivity index (χ1) is 11.1. The second-order valence-corrected chi connectivity index (χ2v) is 6.44. The van der Waals surface area contributed by atoms with Gasteiger partial charge in [0.05, 0.1) is 5.69 Å². The summed E-state index contributed by atoms with van der Waals surface area (Å²) in [7, 11) is 0. The monoisotopic (exact) mass is 333 g/mol. The fourth-order valence-corrected chi connectivity index (χ4v) is 3.61. The maximum absolute atomic E-state index is 13.4. The summed E-state index contributed by atoms with van der Waals surface area (Å²) in [5, 5.41) is 4.62. The van der Waals surface area contributed by atoms with E-state index in [1.54, 1.807) is 6.07 Å². The van der Waals surface area contributed by atoms with Gasteiger partial charge >= 0.3 is 0 Å². The van der Waals surface area contributed by atoms with E-state index in [0.29, 0.717) is 13.0 Å². The lowest BCUT2D eigenvalue weighted by molar-refractivity contribution is 0.623. The van der Waals surface area contributed by atoms with Crippen LogP contribution < -0.4 is 0 Å². The quantitative estimate of drug-likeness (QED) is 0.398. The minimum atomic E-state index is -0.243. The Bertz CT molecular complexity index is 719. The topological polar surface area (TPSA) is 66.6 Å². The third kappa shape index (κ3) is 4.27. The van der Waals surface area contributed by atoms with Crippen molar-refractivity contribution in [2.75, 3.05) is 6.54 Å². The first kappa shape index (κ1) is 17.4. The van der Waals surface area contributed by atoms with E-state index in [1.165, 1.54) is 23.9 Å². The fourth-order valence-electron chi connectivity index (χ4n) is 2.34. The van der Waals surface area contributed by atoms with E-state index in [0.717, 1.165) is 28.0 Å². The Morgan fingerprint density at radius 1 is 1.43 bits per heavy atom. The van der Waals surface area contributed by atoms with Crippen LogP contribution in [0.1, 0.15) is 38.2 Å². The summed E-state index contributed by atoms with van der Waals surface area (Å²) in [5.41, 5.74) is 9.43. The van der Waals surface area contributed by atoms with Crippen LogP contribution in [0.5, 0.6) is 0 Å². The van der Waals surface area contributed by atoms with Crippen molar-refractivity contribution in [1.29, 1.82) is 0 Å². The molecule has 0 radical (unpaired) electrons. The van der Waals surface area contributed by atoms with Crippen LogP contribution in [-0.2, 0) is 13.0 Å². The van der Waals surface area contributed by atoms with Crippen LogP contribution in [0.4, 0.5) is 4.39 Å². The lowest BCUT2D eigenvalue weighted by Crippen LogP contribution is -2.04. The average Bonchev–Trinajstić information content (AvgIpc) is 2.85. The predicted octanol–water partition coefficient (Wildman–Crippen LogP) is 5.17. The number of azide groups is 1. The highest BCUT2D eigenvalue weighted by molar-refractivity contribution is 7.99. The van der Waals surface area contributed by atoms with Crippen LogP contribution in [-0.4, -0.2) is 16.1 Å². The number of aromatic nitrogens is 2. The summed E-state index contributed by atoms with van der Waals surface area (Å²) >= 11 is 1.52. The third-order valence-electron chi connectivity index (χ3n) is 3.40. The molecule has 2 aromatic rings. The molecule has 0 saturated heterocycles. The summed E-state index contributed by atoms with van der Waals surface area (Å²) in [4.78, 5) is 8.38. The van der Waals surface area contributed by atoms with Gasteiger partial charge in [-0.3, -0.25) is 0 Å². The predicted molar refractivity (Wildman–Crippen MR) is 90.2 cm³/mol. The molecule has 1 aromatic heterocycles. The summed E-state index contributed by atoms with van der Waals surface area (Å²) < 4.78 is 15.6. The van der Waals surface area contributed by atoms with Crippen molar-refractivity contribution in [3.8, 4) is 0 Å². The molecule has 7 heteroatoms. The molecule has 1 aromatic carbocycles. The molecule has 0 saturated carbocycles. The summed E-state index contributed by atoms with van der Waals surface area (Å²) in [6.07, 6.45) is 0.599. The molecular weight excluding hydrogens is 313 g/mol. The van der Waals surface area contributed by atoms with Gasteiger partial charge in [0.15, 0.2) is 0 Å². The Hall–Kier alpha value is -1.98. The molecular formula is C16H20FN5S. The highest BCUT2D eigenvalue weighted by Gasteiger charge is 2.19. The van der Waals surface area contributed by atoms with Gasteiger partial charge < -0.3 is 4.57 Å². The molecule has 2 rings (SSSR count). The lowest BCUT2D eigenvalue weighted by Gasteiger charge is -2.11. The van der Waals surface area contributed by atoms with Crippen molar-refractivity contribution < 1.29 is 4.39 Å². The van der Waals surface area contributed by atoms with Crippen LogP contribution in [0.15, 0.2) is 39.3 Å². The molecule has 23 heavy (non-hydrogen) atoms. The zero-order chi connectivity index (χ0) is 16.8. The maximum Gasteiger partial charge on any atom is 0.124 e. The van der Waals surface area contributed by atoms with Crippen molar-refractivity contribution in [2.45, 2.75) is 49.6 Å². The fraction of sp³-hybridized carbons (Fsp3) is 0.438. The Morgan fingerprint density at radius 2 is 2.22 bits per heavy atom. The summed E-state index contributed by atoms with van der Waals surface area (Å²) in [6, 6.07) is 6.57. The summed E-state index contributed by atoms with van der Waals surface area (Å²) in [5.74, 6) is 0.923. The molecule has 1 heterocycles. The highest BCUT2D eigenvalue weighted by atomic mass is 32.2. The standard InChI is InChI=1S/C16H20FN5S/c1-4-22-14(8-9-19-21-18)20-15(11(2)3)16(22)23-13-7-5-6-12(17)10-13/h5-7,10-11H,4,8-9H2,1-3H3. The van der Waals surface area contributed by atoms with Crippen LogP contribution in [0.3, 0.4) is 0 Å². The van der Waals surface area contributed by atoms with Crippen molar-refractivity contribution in [3.05, 3.63) is 52.0 Å². The number of hydrogen-bond acceptors (Lipinski definition) is 3. The highest BCUT2D eigenvalue weighted by Crippen LogP contribution is 2.35. The van der Waals surface area contributed by atoms with Gasteiger partial charge in [0, 0.05) is 29.3 Å². The van der Waals surface area contributed by atoms with Gasteiger partial charge in [0.2, 0.25) is 0 Å². The minimum Gasteiger partial charge on any atom is -0.323 e. The van der Waals surface area contributed by atoms with E-state index in [4.69, 9.17) is 10.5 Å². The van der Waals surface area contributed by atoms with Gasteiger partial charge in [0.1, 0.15) is 16.7 Å². The smallest absolute Gasteiger partial charge is 0.124 e. The van der Waals surface area contributed by atoms with Gasteiger partial charge in [-0.05, 0) is 36.6 Å². The van der Waals surface area contributed by atoms with Gasteiger partial charge in [-0.1, -0.05) is 36.8 Å². The van der Waals surface area contributed by atoms with Gasteiger partial charge in [-0.2, -0.15) is 0 Å². The minimum absolute atomic E-state index is 0.243. The summed E-state index contributed by atoms with van der Waals surface area (Å²) in [6.45, 7) is 7.39. The molecule has 0 amide bonds. The number of halogens is 1. The van der Waals surface area contributed by atoms with Gasteiger partial charge in [-0.25, -0.2) is 9.37 Å². The Kier molecular flexibility index (Phi) is 6.07. The largest absolute Gasteiger partial charge is 0.323 e. The normalized spacial score (nSPS) is 10.8. The van der Waals surface area contributed by atoms with E-state index >= 15 is 0 Å². The third-order valence-corrected chi connectivity index (χ3v) is 4.51. The second-order valence-electron chi connectivity index (χ2n) is 5.38. The van der Waals surface area contributed by atoms with Crippen molar-refractivity contribution >= 4 is 11.8 Å². The number of hydrogen-bond donors (Lipinski definition) is 0. The SMILES string of the molecule is CCn1c(CCN=[N+]=[N-])nc(C(C)C)c1Sc1cccc(F)c1. The first-order valence-electron chi connectivity index (χ1n) is 7.60. The van der Waals surface area contributed by atoms with E-state index in [9.17, 15) is 4.39 Å². The molecule has 0 spiro atoms. The molecule has 0 fully saturated rings. The Morgan fingerprint density at radius 3 is 2.83 bits per heavy atom. The average molecular weight is 333 g/mol. The van der Waals surface area contributed by atoms with Gasteiger partial charge in [0.25, 0.3) is 0 Å². The van der Waals surface area contributed by atoms with Crippen LogP contribution in [0.25, 0.3) is 10.4 Å². The second kappa shape index (κ2) is 8.04. The maximum atomic E-state index is 13.4. The van der Waals surface area contributed by atoms with Crippen molar-refractivity contribution in [1.82, 2.24) is 9.55 Å². The van der Waals surface area contributed by atoms with Crippen molar-refractivity contribution in [3.63, 3.8) is 0 Å². The Balaban J connectivity index is 2.40. The molecule has 122 valence electrons. The number of rotatable bonds is 7. The number of imidazole rings is 1. The number of benzene rings is 1. The zero-order valence-electron chi connectivity index (χ0n) is 13.5. The Labute approximate surface area is 139 Å².